The fraction of sp³-hybridized carbons (Fsp3) is 0.214. The number of carbonyl (C=O) groups is 1. The second kappa shape index (κ2) is 5.40. The molecule has 4 nitrogen and oxygen atoms in total. The molecule has 0 saturated carbocycles. The summed E-state index contributed by atoms with van der Waals surface area (Å²) in [4.78, 5) is 19.4. The van der Waals surface area contributed by atoms with Crippen molar-refractivity contribution in [1.29, 1.82) is 0 Å². The molecule has 4 heteroatoms. The Bertz CT molecular complexity index is 541. The third kappa shape index (κ3) is 2.91. The van der Waals surface area contributed by atoms with Crippen LogP contribution in [0.25, 0.3) is 0 Å². The number of nitrogens with zero attached hydrogens (tertiary/aromatic N) is 2. The molecule has 1 N–H and O–H groups in total. The van der Waals surface area contributed by atoms with Crippen LogP contribution >= 0.6 is 0 Å². The van der Waals surface area contributed by atoms with E-state index in [1.54, 1.807) is 6.07 Å². The Kier molecular flexibility index (Phi) is 3.67. The fourth-order valence-corrected chi connectivity index (χ4v) is 1.83. The molecule has 2 rings (SSSR count). The topological polar surface area (TPSA) is 63.1 Å². The average Bonchev–Trinajstić information content (AvgIpc) is 2.37. The van der Waals surface area contributed by atoms with Crippen molar-refractivity contribution in [3.63, 3.8) is 0 Å². The number of carboxylic acid groups (broad SMARTS) is 1. The summed E-state index contributed by atoms with van der Waals surface area (Å²) in [5.41, 5.74) is 2.32. The second-order valence-electron chi connectivity index (χ2n) is 4.16. The lowest BCUT2D eigenvalue weighted by Gasteiger charge is -2.12. The Morgan fingerprint density at radius 1 is 1.28 bits per heavy atom. The maximum atomic E-state index is 11.4. The summed E-state index contributed by atoms with van der Waals surface area (Å²) in [7, 11) is 0. The molecule has 0 aliphatic heterocycles. The summed E-state index contributed by atoms with van der Waals surface area (Å²) in [6.07, 6.45) is 1.85. The van der Waals surface area contributed by atoms with E-state index in [0.29, 0.717) is 12.1 Å². The molecule has 1 aromatic carbocycles. The Labute approximate surface area is 105 Å². The van der Waals surface area contributed by atoms with Crippen molar-refractivity contribution in [2.24, 2.45) is 0 Å². The van der Waals surface area contributed by atoms with Crippen molar-refractivity contribution < 1.29 is 9.90 Å². The number of benzene rings is 1. The van der Waals surface area contributed by atoms with Gasteiger partial charge in [0, 0.05) is 5.69 Å². The van der Waals surface area contributed by atoms with Gasteiger partial charge in [-0.15, -0.1) is 0 Å². The molecule has 1 heterocycles. The van der Waals surface area contributed by atoms with E-state index in [4.69, 9.17) is 0 Å². The van der Waals surface area contributed by atoms with E-state index in [2.05, 4.69) is 9.97 Å². The van der Waals surface area contributed by atoms with E-state index >= 15 is 0 Å². The average molecular weight is 242 g/mol. The predicted octanol–water partition coefficient (Wildman–Crippen LogP) is 2.20. The van der Waals surface area contributed by atoms with E-state index < -0.39 is 11.9 Å². The first-order chi connectivity index (χ1) is 8.66. The van der Waals surface area contributed by atoms with Crippen LogP contribution in [0.15, 0.2) is 42.7 Å². The lowest BCUT2D eigenvalue weighted by molar-refractivity contribution is -0.138. The van der Waals surface area contributed by atoms with Gasteiger partial charge in [-0.1, -0.05) is 30.3 Å². The number of aliphatic carboxylic acids is 1. The maximum absolute atomic E-state index is 11.4. The van der Waals surface area contributed by atoms with Crippen LogP contribution in [0.5, 0.6) is 0 Å². The zero-order valence-corrected chi connectivity index (χ0v) is 10.1. The number of aromatic nitrogens is 2. The first kappa shape index (κ1) is 12.2. The van der Waals surface area contributed by atoms with Crippen LogP contribution in [0, 0.1) is 6.92 Å². The van der Waals surface area contributed by atoms with Crippen LogP contribution in [-0.4, -0.2) is 21.0 Å². The minimum Gasteiger partial charge on any atom is -0.481 e. The number of hydrogen-bond donors (Lipinski definition) is 1. The molecule has 0 aliphatic carbocycles. The van der Waals surface area contributed by atoms with E-state index in [0.717, 1.165) is 11.3 Å². The summed E-state index contributed by atoms with van der Waals surface area (Å²) in [5.74, 6) is -1.49. The molecule has 1 unspecified atom stereocenters. The van der Waals surface area contributed by atoms with E-state index in [1.807, 2.05) is 37.3 Å². The van der Waals surface area contributed by atoms with Gasteiger partial charge in [0.1, 0.15) is 12.2 Å². The summed E-state index contributed by atoms with van der Waals surface area (Å²) in [5, 5.41) is 9.32. The van der Waals surface area contributed by atoms with E-state index in [1.165, 1.54) is 6.33 Å². The summed E-state index contributed by atoms with van der Waals surface area (Å²) in [6.45, 7) is 1.83. The monoisotopic (exact) mass is 242 g/mol. The highest BCUT2D eigenvalue weighted by atomic mass is 16.4. The standard InChI is InChI=1S/C14H14N2O2/c1-10-7-13(16-9-15-10)12(14(17)18)8-11-5-3-2-4-6-11/h2-7,9,12H,8H2,1H3,(H,17,18). The van der Waals surface area contributed by atoms with Crippen molar-refractivity contribution >= 4 is 5.97 Å². The molecule has 0 spiro atoms. The van der Waals surface area contributed by atoms with Crippen molar-refractivity contribution in [2.45, 2.75) is 19.3 Å². The molecule has 0 saturated heterocycles. The van der Waals surface area contributed by atoms with Gasteiger partial charge >= 0.3 is 5.97 Å². The highest BCUT2D eigenvalue weighted by Crippen LogP contribution is 2.19. The first-order valence-electron chi connectivity index (χ1n) is 5.72. The van der Waals surface area contributed by atoms with Crippen molar-refractivity contribution in [3.05, 3.63) is 59.7 Å². The van der Waals surface area contributed by atoms with Crippen LogP contribution in [0.4, 0.5) is 0 Å². The SMILES string of the molecule is Cc1cc(C(Cc2ccccc2)C(=O)O)ncn1. The van der Waals surface area contributed by atoms with E-state index in [9.17, 15) is 9.90 Å². The van der Waals surface area contributed by atoms with Crippen LogP contribution in [-0.2, 0) is 11.2 Å². The summed E-state index contributed by atoms with van der Waals surface area (Å²) >= 11 is 0. The lowest BCUT2D eigenvalue weighted by Crippen LogP contribution is -2.16. The Morgan fingerprint density at radius 2 is 2.00 bits per heavy atom. The molecule has 0 aliphatic rings. The molecule has 18 heavy (non-hydrogen) atoms. The van der Waals surface area contributed by atoms with Crippen LogP contribution in [0.2, 0.25) is 0 Å². The predicted molar refractivity (Wildman–Crippen MR) is 67.3 cm³/mol. The van der Waals surface area contributed by atoms with E-state index in [-0.39, 0.29) is 0 Å². The molecular formula is C14H14N2O2. The van der Waals surface area contributed by atoms with Crippen LogP contribution in [0.1, 0.15) is 22.9 Å². The molecule has 0 fully saturated rings. The molecule has 1 aromatic heterocycles. The number of carboxylic acids is 1. The first-order valence-corrected chi connectivity index (χ1v) is 5.72. The third-order valence-corrected chi connectivity index (χ3v) is 2.76. The van der Waals surface area contributed by atoms with Gasteiger partial charge in [-0.25, -0.2) is 9.97 Å². The van der Waals surface area contributed by atoms with Gasteiger partial charge in [0.25, 0.3) is 0 Å². The molecular weight excluding hydrogens is 228 g/mol. The normalized spacial score (nSPS) is 12.1. The van der Waals surface area contributed by atoms with Gasteiger partial charge in [0.05, 0.1) is 5.69 Å². The van der Waals surface area contributed by atoms with Crippen molar-refractivity contribution in [2.75, 3.05) is 0 Å². The van der Waals surface area contributed by atoms with Gasteiger partial charge in [0.2, 0.25) is 0 Å². The number of aryl methyl sites for hydroxylation is 1. The Hall–Kier alpha value is -2.23. The summed E-state index contributed by atoms with van der Waals surface area (Å²) < 4.78 is 0. The van der Waals surface area contributed by atoms with Crippen molar-refractivity contribution in [1.82, 2.24) is 9.97 Å². The molecule has 1 atom stereocenters. The van der Waals surface area contributed by atoms with Gasteiger partial charge in [-0.05, 0) is 25.0 Å². The minimum atomic E-state index is -0.864. The molecule has 0 amide bonds. The van der Waals surface area contributed by atoms with Gasteiger partial charge in [-0.3, -0.25) is 4.79 Å². The molecule has 2 aromatic rings. The van der Waals surface area contributed by atoms with Crippen LogP contribution in [0.3, 0.4) is 0 Å². The highest BCUT2D eigenvalue weighted by molar-refractivity contribution is 5.75. The van der Waals surface area contributed by atoms with Crippen LogP contribution < -0.4 is 0 Å². The third-order valence-electron chi connectivity index (χ3n) is 2.76. The molecule has 0 bridgehead atoms. The maximum Gasteiger partial charge on any atom is 0.312 e. The minimum absolute atomic E-state index is 0.437. The number of rotatable bonds is 4. The van der Waals surface area contributed by atoms with Gasteiger partial charge < -0.3 is 5.11 Å². The van der Waals surface area contributed by atoms with Crippen molar-refractivity contribution in [3.8, 4) is 0 Å². The fourth-order valence-electron chi connectivity index (χ4n) is 1.83. The summed E-state index contributed by atoms with van der Waals surface area (Å²) in [6, 6.07) is 11.3. The zero-order chi connectivity index (χ0) is 13.0. The Balaban J connectivity index is 2.27. The smallest absolute Gasteiger partial charge is 0.312 e. The lowest BCUT2D eigenvalue weighted by atomic mass is 9.96. The zero-order valence-electron chi connectivity index (χ0n) is 10.1. The molecule has 0 radical (unpaired) electrons. The number of hydrogen-bond acceptors (Lipinski definition) is 3. The highest BCUT2D eigenvalue weighted by Gasteiger charge is 2.21. The second-order valence-corrected chi connectivity index (χ2v) is 4.16. The van der Waals surface area contributed by atoms with Gasteiger partial charge in [-0.2, -0.15) is 0 Å². The molecule has 92 valence electrons. The quantitative estimate of drug-likeness (QED) is 0.892. The largest absolute Gasteiger partial charge is 0.481 e. The van der Waals surface area contributed by atoms with Gasteiger partial charge in [0.15, 0.2) is 0 Å². The Morgan fingerprint density at radius 3 is 2.61 bits per heavy atom.